The first-order valence-electron chi connectivity index (χ1n) is 9.57. The summed E-state index contributed by atoms with van der Waals surface area (Å²) in [7, 11) is 0. The van der Waals surface area contributed by atoms with E-state index >= 15 is 0 Å². The van der Waals surface area contributed by atoms with Gasteiger partial charge < -0.3 is 19.5 Å². The number of imide groups is 1. The molecule has 0 aromatic heterocycles. The van der Waals surface area contributed by atoms with E-state index in [0.717, 1.165) is 6.42 Å². The minimum atomic E-state index is -0.742. The minimum absolute atomic E-state index is 0.0748. The number of carbonyl (C=O) groups excluding carboxylic acids is 4. The summed E-state index contributed by atoms with van der Waals surface area (Å²) in [6.45, 7) is 4.16. The van der Waals surface area contributed by atoms with Crippen LogP contribution in [0.2, 0.25) is 0 Å². The van der Waals surface area contributed by atoms with Crippen LogP contribution in [0, 0.1) is 0 Å². The molecule has 0 bridgehead atoms. The monoisotopic (exact) mass is 406 g/mol. The molecular weight excluding hydrogens is 380 g/mol. The summed E-state index contributed by atoms with van der Waals surface area (Å²) in [6, 6.07) is 4.15. The highest BCUT2D eigenvalue weighted by Gasteiger charge is 2.17. The number of hydrogen-bond acceptors (Lipinski definition) is 7. The predicted molar refractivity (Wildman–Crippen MR) is 103 cm³/mol. The molecule has 2 N–H and O–H groups in total. The minimum Gasteiger partial charge on any atom is -0.490 e. The maximum atomic E-state index is 12.3. The fraction of sp³-hybridized carbons (Fsp3) is 0.500. The van der Waals surface area contributed by atoms with Gasteiger partial charge in [-0.2, -0.15) is 0 Å². The Hall–Kier alpha value is -3.10. The van der Waals surface area contributed by atoms with E-state index in [-0.39, 0.29) is 24.7 Å². The van der Waals surface area contributed by atoms with Crippen LogP contribution < -0.4 is 20.1 Å². The van der Waals surface area contributed by atoms with Crippen molar-refractivity contribution in [2.24, 2.45) is 0 Å². The number of Topliss-reactive ketones (excluding diaryl/α,β-unsaturated/α-hetero) is 1. The number of benzene rings is 1. The fourth-order valence-corrected chi connectivity index (χ4v) is 2.44. The lowest BCUT2D eigenvalue weighted by Crippen LogP contribution is -2.44. The number of carbonyl (C=O) groups is 4. The Balaban J connectivity index is 1.73. The van der Waals surface area contributed by atoms with Crippen molar-refractivity contribution in [1.29, 1.82) is 0 Å². The second-order valence-corrected chi connectivity index (χ2v) is 6.63. The van der Waals surface area contributed by atoms with E-state index in [4.69, 9.17) is 14.2 Å². The lowest BCUT2D eigenvalue weighted by molar-refractivity contribution is -0.148. The van der Waals surface area contributed by atoms with E-state index in [1.165, 1.54) is 0 Å². The van der Waals surface area contributed by atoms with Gasteiger partial charge in [0.25, 0.3) is 5.91 Å². The molecule has 2 rings (SSSR count). The standard InChI is InChI=1S/C20H26N2O7/c1-3-13(2)21-20(26)22-18(24)12-29-19(25)8-6-15(23)14-5-7-16-17(11-14)28-10-4-9-27-16/h5,7,11,13H,3-4,6,8-10,12H2,1-2H3,(H2,21,22,24,26)/t13-/m0/s1. The van der Waals surface area contributed by atoms with Crippen molar-refractivity contribution in [2.75, 3.05) is 19.8 Å². The zero-order valence-corrected chi connectivity index (χ0v) is 16.6. The first-order valence-corrected chi connectivity index (χ1v) is 9.57. The van der Waals surface area contributed by atoms with Crippen molar-refractivity contribution in [3.63, 3.8) is 0 Å². The molecule has 1 aliphatic heterocycles. The van der Waals surface area contributed by atoms with E-state index in [1.54, 1.807) is 25.1 Å². The zero-order chi connectivity index (χ0) is 21.2. The maximum Gasteiger partial charge on any atom is 0.321 e. The topological polar surface area (TPSA) is 120 Å². The van der Waals surface area contributed by atoms with Crippen molar-refractivity contribution in [3.05, 3.63) is 23.8 Å². The largest absolute Gasteiger partial charge is 0.490 e. The summed E-state index contributed by atoms with van der Waals surface area (Å²) in [5.74, 6) is -0.612. The Labute approximate surface area is 169 Å². The van der Waals surface area contributed by atoms with Gasteiger partial charge in [0.1, 0.15) is 0 Å². The second kappa shape index (κ2) is 11.0. The molecule has 0 spiro atoms. The quantitative estimate of drug-likeness (QED) is 0.500. The lowest BCUT2D eigenvalue weighted by atomic mass is 10.1. The predicted octanol–water partition coefficient (Wildman–Crippen LogP) is 1.98. The second-order valence-electron chi connectivity index (χ2n) is 6.63. The molecule has 0 unspecified atom stereocenters. The number of fused-ring (bicyclic) bond motifs is 1. The van der Waals surface area contributed by atoms with Gasteiger partial charge in [0.2, 0.25) is 0 Å². The zero-order valence-electron chi connectivity index (χ0n) is 16.6. The molecule has 1 aliphatic rings. The molecule has 158 valence electrons. The third-order valence-electron chi connectivity index (χ3n) is 4.23. The Bertz CT molecular complexity index is 763. The van der Waals surface area contributed by atoms with Gasteiger partial charge >= 0.3 is 12.0 Å². The van der Waals surface area contributed by atoms with E-state index in [0.29, 0.717) is 36.7 Å². The summed E-state index contributed by atoms with van der Waals surface area (Å²) < 4.78 is 15.9. The van der Waals surface area contributed by atoms with Crippen LogP contribution in [-0.2, 0) is 14.3 Å². The van der Waals surface area contributed by atoms with Crippen LogP contribution in [0.5, 0.6) is 11.5 Å². The van der Waals surface area contributed by atoms with E-state index in [9.17, 15) is 19.2 Å². The highest BCUT2D eigenvalue weighted by atomic mass is 16.5. The van der Waals surface area contributed by atoms with Crippen molar-refractivity contribution < 1.29 is 33.4 Å². The average Bonchev–Trinajstić information content (AvgIpc) is 2.94. The molecule has 9 heteroatoms. The van der Waals surface area contributed by atoms with Gasteiger partial charge in [-0.05, 0) is 31.5 Å². The third kappa shape index (κ3) is 7.44. The number of hydrogen-bond donors (Lipinski definition) is 2. The van der Waals surface area contributed by atoms with Gasteiger partial charge in [-0.3, -0.25) is 19.7 Å². The molecule has 1 heterocycles. The summed E-state index contributed by atoms with van der Waals surface area (Å²) in [5, 5.41) is 4.62. The molecule has 0 fully saturated rings. The Morgan fingerprint density at radius 3 is 2.55 bits per heavy atom. The lowest BCUT2D eigenvalue weighted by Gasteiger charge is -2.11. The maximum absolute atomic E-state index is 12.3. The van der Waals surface area contributed by atoms with E-state index in [1.807, 2.05) is 6.92 Å². The van der Waals surface area contributed by atoms with Gasteiger partial charge in [0.15, 0.2) is 23.9 Å². The SMILES string of the molecule is CC[C@H](C)NC(=O)NC(=O)COC(=O)CCC(=O)c1ccc2c(c1)OCCCO2. The van der Waals surface area contributed by atoms with Gasteiger partial charge in [-0.1, -0.05) is 6.92 Å². The Morgan fingerprint density at radius 1 is 1.10 bits per heavy atom. The van der Waals surface area contributed by atoms with Crippen LogP contribution in [0.3, 0.4) is 0 Å². The molecule has 0 saturated carbocycles. The molecule has 0 aliphatic carbocycles. The number of nitrogens with one attached hydrogen (secondary N) is 2. The number of urea groups is 1. The number of ether oxygens (including phenoxy) is 3. The van der Waals surface area contributed by atoms with Crippen LogP contribution in [0.1, 0.15) is 49.9 Å². The number of esters is 1. The van der Waals surface area contributed by atoms with Crippen molar-refractivity contribution in [1.82, 2.24) is 10.6 Å². The van der Waals surface area contributed by atoms with Crippen molar-refractivity contribution in [3.8, 4) is 11.5 Å². The highest BCUT2D eigenvalue weighted by molar-refractivity contribution is 5.98. The van der Waals surface area contributed by atoms with E-state index in [2.05, 4.69) is 10.6 Å². The van der Waals surface area contributed by atoms with Gasteiger partial charge in [-0.15, -0.1) is 0 Å². The number of ketones is 1. The summed E-state index contributed by atoms with van der Waals surface area (Å²) in [6.07, 6.45) is 1.22. The first kappa shape index (κ1) is 22.2. The third-order valence-corrected chi connectivity index (χ3v) is 4.23. The first-order chi connectivity index (χ1) is 13.9. The van der Waals surface area contributed by atoms with Crippen LogP contribution in [0.4, 0.5) is 4.79 Å². The molecule has 1 aromatic rings. The highest BCUT2D eigenvalue weighted by Crippen LogP contribution is 2.30. The normalized spacial score (nSPS) is 13.6. The van der Waals surface area contributed by atoms with E-state index < -0.39 is 24.5 Å². The molecule has 9 nitrogen and oxygen atoms in total. The molecular formula is C20H26N2O7. The van der Waals surface area contributed by atoms with Crippen LogP contribution in [-0.4, -0.2) is 49.6 Å². The van der Waals surface area contributed by atoms with Gasteiger partial charge in [0.05, 0.1) is 19.6 Å². The van der Waals surface area contributed by atoms with Crippen LogP contribution >= 0.6 is 0 Å². The summed E-state index contributed by atoms with van der Waals surface area (Å²) >= 11 is 0. The van der Waals surface area contributed by atoms with Crippen LogP contribution in [0.15, 0.2) is 18.2 Å². The van der Waals surface area contributed by atoms with Gasteiger partial charge in [-0.25, -0.2) is 4.79 Å². The smallest absolute Gasteiger partial charge is 0.321 e. The summed E-state index contributed by atoms with van der Waals surface area (Å²) in [4.78, 5) is 47.2. The van der Waals surface area contributed by atoms with Crippen molar-refractivity contribution in [2.45, 2.75) is 45.6 Å². The van der Waals surface area contributed by atoms with Crippen molar-refractivity contribution >= 4 is 23.7 Å². The molecule has 1 atom stereocenters. The average molecular weight is 406 g/mol. The molecule has 0 saturated heterocycles. The van der Waals surface area contributed by atoms with Gasteiger partial charge in [0, 0.05) is 24.4 Å². The summed E-state index contributed by atoms with van der Waals surface area (Å²) in [5.41, 5.74) is 0.404. The number of rotatable bonds is 8. The Morgan fingerprint density at radius 2 is 1.83 bits per heavy atom. The molecule has 29 heavy (non-hydrogen) atoms. The Kier molecular flexibility index (Phi) is 8.45. The molecule has 1 aromatic carbocycles. The van der Waals surface area contributed by atoms with Crippen LogP contribution in [0.25, 0.3) is 0 Å². The molecule has 3 amide bonds. The fourth-order valence-electron chi connectivity index (χ4n) is 2.44. The molecule has 0 radical (unpaired) electrons. The number of amides is 3.